The van der Waals surface area contributed by atoms with Gasteiger partial charge < -0.3 is 24.6 Å². The first-order chi connectivity index (χ1) is 17.0. The van der Waals surface area contributed by atoms with Crippen molar-refractivity contribution in [3.05, 3.63) is 52.8 Å². The SMILES string of the molecule is Cc1c[nH]c2ncc(-c3cc4c(c([C@H]5CCCN5C(=O)OC(C)(C)C)c3)CN(C(=O)C(C)O)C4)cc12. The number of hydrogen-bond donors (Lipinski definition) is 2. The van der Waals surface area contributed by atoms with Gasteiger partial charge in [-0.3, -0.25) is 4.79 Å². The average Bonchev–Trinajstić information content (AvgIpc) is 3.55. The number of ether oxygens (including phenoxy) is 1. The summed E-state index contributed by atoms with van der Waals surface area (Å²) in [4.78, 5) is 37.1. The number of aromatic amines is 1. The number of pyridine rings is 1. The Balaban J connectivity index is 1.59. The number of amides is 2. The van der Waals surface area contributed by atoms with Crippen LogP contribution in [0.1, 0.15) is 68.8 Å². The molecule has 1 fully saturated rings. The summed E-state index contributed by atoms with van der Waals surface area (Å²) >= 11 is 0. The van der Waals surface area contributed by atoms with Crippen molar-refractivity contribution >= 4 is 23.0 Å². The first-order valence-corrected chi connectivity index (χ1v) is 12.6. The Hall–Kier alpha value is -3.39. The van der Waals surface area contributed by atoms with Crippen molar-refractivity contribution in [1.29, 1.82) is 0 Å². The highest BCUT2D eigenvalue weighted by atomic mass is 16.6. The molecule has 2 N–H and O–H groups in total. The number of aryl methyl sites for hydroxylation is 1. The smallest absolute Gasteiger partial charge is 0.410 e. The summed E-state index contributed by atoms with van der Waals surface area (Å²) in [5, 5.41) is 11.0. The molecule has 1 aromatic carbocycles. The van der Waals surface area contributed by atoms with Gasteiger partial charge in [-0.05, 0) is 93.5 Å². The van der Waals surface area contributed by atoms with Crippen LogP contribution in [-0.2, 0) is 22.6 Å². The first kappa shape index (κ1) is 24.3. The maximum atomic E-state index is 13.1. The molecule has 0 spiro atoms. The lowest BCUT2D eigenvalue weighted by Gasteiger charge is -2.30. The van der Waals surface area contributed by atoms with Crippen LogP contribution in [0.5, 0.6) is 0 Å². The fourth-order valence-electron chi connectivity index (χ4n) is 5.35. The van der Waals surface area contributed by atoms with Crippen LogP contribution in [0.25, 0.3) is 22.2 Å². The van der Waals surface area contributed by atoms with Crippen LogP contribution < -0.4 is 0 Å². The van der Waals surface area contributed by atoms with E-state index in [1.807, 2.05) is 38.1 Å². The second-order valence-electron chi connectivity index (χ2n) is 11.0. The minimum Gasteiger partial charge on any atom is -0.444 e. The number of H-pyrrole nitrogens is 1. The molecule has 5 rings (SSSR count). The highest BCUT2D eigenvalue weighted by molar-refractivity contribution is 5.85. The van der Waals surface area contributed by atoms with E-state index >= 15 is 0 Å². The number of likely N-dealkylation sites (tertiary alicyclic amines) is 1. The Kier molecular flexibility index (Phi) is 6.03. The van der Waals surface area contributed by atoms with Crippen LogP contribution in [-0.4, -0.2) is 55.1 Å². The largest absolute Gasteiger partial charge is 0.444 e. The molecule has 0 aliphatic carbocycles. The number of hydrogen-bond acceptors (Lipinski definition) is 5. The molecule has 190 valence electrons. The minimum absolute atomic E-state index is 0.138. The Morgan fingerprint density at radius 1 is 1.19 bits per heavy atom. The summed E-state index contributed by atoms with van der Waals surface area (Å²) in [6.07, 6.45) is 4.15. The second-order valence-corrected chi connectivity index (χ2v) is 11.0. The van der Waals surface area contributed by atoms with Crippen molar-refractivity contribution in [3.8, 4) is 11.1 Å². The summed E-state index contributed by atoms with van der Waals surface area (Å²) in [5.41, 5.74) is 6.51. The lowest BCUT2D eigenvalue weighted by atomic mass is 9.91. The van der Waals surface area contributed by atoms with Gasteiger partial charge in [-0.15, -0.1) is 0 Å². The van der Waals surface area contributed by atoms with Gasteiger partial charge >= 0.3 is 6.09 Å². The molecule has 1 saturated heterocycles. The molecule has 2 aliphatic heterocycles. The monoisotopic (exact) mass is 490 g/mol. The number of nitrogens with one attached hydrogen (secondary N) is 1. The van der Waals surface area contributed by atoms with E-state index in [0.29, 0.717) is 19.6 Å². The van der Waals surface area contributed by atoms with Crippen LogP contribution in [0.15, 0.2) is 30.6 Å². The van der Waals surface area contributed by atoms with Crippen LogP contribution >= 0.6 is 0 Å². The van der Waals surface area contributed by atoms with Gasteiger partial charge in [-0.25, -0.2) is 9.78 Å². The lowest BCUT2D eigenvalue weighted by molar-refractivity contribution is -0.139. The molecule has 2 aromatic heterocycles. The molecule has 4 heterocycles. The van der Waals surface area contributed by atoms with Gasteiger partial charge in [0, 0.05) is 43.0 Å². The summed E-state index contributed by atoms with van der Waals surface area (Å²) in [5.74, 6) is -0.292. The van der Waals surface area contributed by atoms with Gasteiger partial charge in [-0.1, -0.05) is 0 Å². The number of fused-ring (bicyclic) bond motifs is 2. The molecule has 36 heavy (non-hydrogen) atoms. The quantitative estimate of drug-likeness (QED) is 0.548. The van der Waals surface area contributed by atoms with E-state index in [0.717, 1.165) is 57.3 Å². The molecule has 0 bridgehead atoms. The molecule has 0 radical (unpaired) electrons. The van der Waals surface area contributed by atoms with Gasteiger partial charge in [0.05, 0.1) is 6.04 Å². The number of carbonyl (C=O) groups is 2. The highest BCUT2D eigenvalue weighted by Gasteiger charge is 2.37. The number of carbonyl (C=O) groups excluding carboxylic acids is 2. The van der Waals surface area contributed by atoms with E-state index in [1.165, 1.54) is 6.92 Å². The molecule has 8 nitrogen and oxygen atoms in total. The molecule has 2 atom stereocenters. The highest BCUT2D eigenvalue weighted by Crippen LogP contribution is 2.41. The van der Waals surface area contributed by atoms with Gasteiger partial charge in [0.25, 0.3) is 5.91 Å². The fourth-order valence-corrected chi connectivity index (χ4v) is 5.35. The van der Waals surface area contributed by atoms with Gasteiger partial charge in [0.1, 0.15) is 17.4 Å². The number of rotatable bonds is 3. The van der Waals surface area contributed by atoms with E-state index in [2.05, 4.69) is 35.1 Å². The molecular formula is C28H34N4O4. The number of aliphatic hydroxyl groups excluding tert-OH is 1. The van der Waals surface area contributed by atoms with Crippen LogP contribution in [0.4, 0.5) is 4.79 Å². The zero-order chi connectivity index (χ0) is 25.8. The summed E-state index contributed by atoms with van der Waals surface area (Å²) in [6, 6.07) is 6.26. The molecule has 8 heteroatoms. The van der Waals surface area contributed by atoms with Crippen LogP contribution in [0.3, 0.4) is 0 Å². The van der Waals surface area contributed by atoms with Gasteiger partial charge in [0.2, 0.25) is 0 Å². The Morgan fingerprint density at radius 3 is 2.69 bits per heavy atom. The predicted octanol–water partition coefficient (Wildman–Crippen LogP) is 4.83. The zero-order valence-electron chi connectivity index (χ0n) is 21.6. The topological polar surface area (TPSA) is 98.8 Å². The molecule has 2 aliphatic rings. The third kappa shape index (κ3) is 4.46. The maximum Gasteiger partial charge on any atom is 0.410 e. The molecule has 3 aromatic rings. The van der Waals surface area contributed by atoms with Crippen molar-refractivity contribution in [2.45, 2.75) is 78.3 Å². The van der Waals surface area contributed by atoms with Crippen molar-refractivity contribution in [2.24, 2.45) is 0 Å². The van der Waals surface area contributed by atoms with Crippen molar-refractivity contribution in [2.75, 3.05) is 6.54 Å². The number of aliphatic hydroxyl groups is 1. The normalized spacial score (nSPS) is 18.6. The van der Waals surface area contributed by atoms with E-state index in [9.17, 15) is 14.7 Å². The van der Waals surface area contributed by atoms with E-state index in [1.54, 1.807) is 4.90 Å². The summed E-state index contributed by atoms with van der Waals surface area (Å²) < 4.78 is 5.73. The average molecular weight is 491 g/mol. The summed E-state index contributed by atoms with van der Waals surface area (Å²) in [7, 11) is 0. The third-order valence-electron chi connectivity index (χ3n) is 7.07. The Morgan fingerprint density at radius 2 is 1.97 bits per heavy atom. The van der Waals surface area contributed by atoms with Gasteiger partial charge in [-0.2, -0.15) is 0 Å². The van der Waals surface area contributed by atoms with E-state index < -0.39 is 11.7 Å². The number of aromatic nitrogens is 2. The molecular weight excluding hydrogens is 456 g/mol. The first-order valence-electron chi connectivity index (χ1n) is 12.6. The molecule has 2 amide bonds. The molecule has 0 saturated carbocycles. The Bertz CT molecular complexity index is 1340. The standard InChI is InChI=1S/C28H34N4O4/c1-16-12-29-25-21(16)11-19(13-30-25)18-9-20-14-31(26(34)17(2)33)15-23(20)22(10-18)24-7-6-8-32(24)27(35)36-28(3,4)5/h9-13,17,24,33H,6-8,14-15H2,1-5H3,(H,29,30)/t17?,24-/m1/s1. The van der Waals surface area contributed by atoms with Crippen LogP contribution in [0.2, 0.25) is 0 Å². The zero-order valence-corrected chi connectivity index (χ0v) is 21.6. The van der Waals surface area contributed by atoms with Crippen molar-refractivity contribution in [3.63, 3.8) is 0 Å². The van der Waals surface area contributed by atoms with E-state index in [-0.39, 0.29) is 18.0 Å². The van der Waals surface area contributed by atoms with E-state index in [4.69, 9.17) is 4.74 Å². The fraction of sp³-hybridized carbons (Fsp3) is 0.464. The van der Waals surface area contributed by atoms with Crippen molar-refractivity contribution in [1.82, 2.24) is 19.8 Å². The predicted molar refractivity (Wildman–Crippen MR) is 137 cm³/mol. The maximum absolute atomic E-state index is 13.1. The van der Waals surface area contributed by atoms with Crippen molar-refractivity contribution < 1.29 is 19.4 Å². The second kappa shape index (κ2) is 8.92. The van der Waals surface area contributed by atoms with Gasteiger partial charge in [0.15, 0.2) is 0 Å². The Labute approximate surface area is 211 Å². The minimum atomic E-state index is -1.06. The lowest BCUT2D eigenvalue weighted by Crippen LogP contribution is -2.37. The molecule has 1 unspecified atom stereocenters. The number of benzene rings is 1. The van der Waals surface area contributed by atoms with Crippen LogP contribution in [0, 0.1) is 6.92 Å². The number of nitrogens with zero attached hydrogens (tertiary/aromatic N) is 3. The third-order valence-corrected chi connectivity index (χ3v) is 7.07. The summed E-state index contributed by atoms with van der Waals surface area (Å²) in [6.45, 7) is 10.7.